The van der Waals surface area contributed by atoms with Crippen molar-refractivity contribution in [3.63, 3.8) is 0 Å². The molecule has 0 atom stereocenters. The molecule has 1 aromatic heterocycles. The highest BCUT2D eigenvalue weighted by Gasteiger charge is 2.12. The summed E-state index contributed by atoms with van der Waals surface area (Å²) in [6, 6.07) is 14.0. The maximum absolute atomic E-state index is 9.67. The molecule has 0 spiro atoms. The molecule has 1 heterocycles. The van der Waals surface area contributed by atoms with Crippen LogP contribution in [-0.2, 0) is 0 Å². The van der Waals surface area contributed by atoms with Crippen LogP contribution in [0.1, 0.15) is 21.7 Å². The van der Waals surface area contributed by atoms with Crippen LogP contribution in [0.4, 0.5) is 0 Å². The molecule has 136 valence electrons. The molecule has 0 unspecified atom stereocenters. The minimum absolute atomic E-state index is 0.488. The van der Waals surface area contributed by atoms with Gasteiger partial charge in [-0.2, -0.15) is 5.26 Å². The zero-order chi connectivity index (χ0) is 19.4. The average Bonchev–Trinajstić information content (AvgIpc) is 3.18. The third kappa shape index (κ3) is 4.02. The van der Waals surface area contributed by atoms with Gasteiger partial charge in [0.25, 0.3) is 0 Å². The van der Waals surface area contributed by atoms with Crippen molar-refractivity contribution >= 4 is 23.0 Å². The van der Waals surface area contributed by atoms with E-state index in [-0.39, 0.29) is 0 Å². The van der Waals surface area contributed by atoms with Crippen LogP contribution < -0.4 is 9.47 Å². The topological polar surface area (TPSA) is 55.1 Å². The molecule has 2 aromatic carbocycles. The number of nitrogens with zero attached hydrogens (tertiary/aromatic N) is 2. The number of benzene rings is 2. The van der Waals surface area contributed by atoms with Crippen molar-refractivity contribution in [1.29, 1.82) is 5.26 Å². The fourth-order valence-corrected chi connectivity index (χ4v) is 3.47. The molecule has 0 aliphatic rings. The molecule has 0 N–H and O–H groups in total. The van der Waals surface area contributed by atoms with Crippen molar-refractivity contribution in [3.05, 3.63) is 63.5 Å². The summed E-state index contributed by atoms with van der Waals surface area (Å²) >= 11 is 1.46. The van der Waals surface area contributed by atoms with Crippen molar-refractivity contribution < 1.29 is 9.47 Å². The first kappa shape index (κ1) is 18.7. The van der Waals surface area contributed by atoms with Gasteiger partial charge in [-0.1, -0.05) is 12.1 Å². The van der Waals surface area contributed by atoms with Gasteiger partial charge >= 0.3 is 0 Å². The van der Waals surface area contributed by atoms with Crippen LogP contribution in [0.5, 0.6) is 11.5 Å². The first-order valence-corrected chi connectivity index (χ1v) is 9.31. The van der Waals surface area contributed by atoms with Crippen molar-refractivity contribution in [3.8, 4) is 28.8 Å². The number of rotatable bonds is 5. The maximum atomic E-state index is 9.67. The van der Waals surface area contributed by atoms with E-state index in [9.17, 15) is 5.26 Å². The fourth-order valence-electron chi connectivity index (χ4n) is 2.68. The molecule has 0 bridgehead atoms. The monoisotopic (exact) mass is 376 g/mol. The molecule has 0 aliphatic heterocycles. The first-order valence-electron chi connectivity index (χ1n) is 8.43. The Morgan fingerprint density at radius 2 is 1.89 bits per heavy atom. The Labute approximate surface area is 163 Å². The highest BCUT2D eigenvalue weighted by molar-refractivity contribution is 7.11. The van der Waals surface area contributed by atoms with Gasteiger partial charge < -0.3 is 9.47 Å². The molecule has 3 aromatic rings. The summed E-state index contributed by atoms with van der Waals surface area (Å²) in [6.07, 6.45) is 1.78. The summed E-state index contributed by atoms with van der Waals surface area (Å²) in [4.78, 5) is 4.67. The molecular formula is C22H20N2O2S. The van der Waals surface area contributed by atoms with Gasteiger partial charge in [0.15, 0.2) is 0 Å². The van der Waals surface area contributed by atoms with Crippen LogP contribution in [0.3, 0.4) is 0 Å². The molecular weight excluding hydrogens is 356 g/mol. The van der Waals surface area contributed by atoms with Crippen LogP contribution in [0.2, 0.25) is 0 Å². The van der Waals surface area contributed by atoms with Crippen molar-refractivity contribution in [2.45, 2.75) is 13.8 Å². The maximum Gasteiger partial charge on any atom is 0.134 e. The van der Waals surface area contributed by atoms with E-state index in [4.69, 9.17) is 9.47 Å². The van der Waals surface area contributed by atoms with E-state index in [1.165, 1.54) is 22.5 Å². The summed E-state index contributed by atoms with van der Waals surface area (Å²) in [6.45, 7) is 4.17. The standard InChI is InChI=1S/C22H20N2O2S/c1-14-5-6-16(9-15(14)2)20-13-27-22(24-20)18(12-23)10-17-11-19(25-3)7-8-21(17)26-4/h5-11,13H,1-4H3. The van der Waals surface area contributed by atoms with Gasteiger partial charge in [-0.05, 0) is 55.3 Å². The van der Waals surface area contributed by atoms with Gasteiger partial charge in [0, 0.05) is 16.5 Å². The van der Waals surface area contributed by atoms with E-state index < -0.39 is 0 Å². The summed E-state index contributed by atoms with van der Waals surface area (Å²) in [5, 5.41) is 12.3. The number of hydrogen-bond donors (Lipinski definition) is 0. The van der Waals surface area contributed by atoms with Crippen LogP contribution >= 0.6 is 11.3 Å². The number of ether oxygens (including phenoxy) is 2. The second kappa shape index (κ2) is 8.07. The third-order valence-corrected chi connectivity index (χ3v) is 5.27. The number of thiazole rings is 1. The quantitative estimate of drug-likeness (QED) is 0.551. The number of nitriles is 1. The first-order chi connectivity index (χ1) is 13.0. The summed E-state index contributed by atoms with van der Waals surface area (Å²) in [5.41, 5.74) is 5.66. The minimum Gasteiger partial charge on any atom is -0.497 e. The van der Waals surface area contributed by atoms with Gasteiger partial charge in [0.1, 0.15) is 22.6 Å². The fraction of sp³-hybridized carbons (Fsp3) is 0.182. The Kier molecular flexibility index (Phi) is 5.58. The lowest BCUT2D eigenvalue weighted by atomic mass is 10.0. The Balaban J connectivity index is 2.00. The molecule has 27 heavy (non-hydrogen) atoms. The zero-order valence-corrected chi connectivity index (χ0v) is 16.6. The number of allylic oxidation sites excluding steroid dienone is 1. The molecule has 4 nitrogen and oxygen atoms in total. The second-order valence-electron chi connectivity index (χ2n) is 6.11. The second-order valence-corrected chi connectivity index (χ2v) is 6.97. The molecule has 5 heteroatoms. The lowest BCUT2D eigenvalue weighted by molar-refractivity contribution is 0.402. The smallest absolute Gasteiger partial charge is 0.134 e. The molecule has 0 fully saturated rings. The van der Waals surface area contributed by atoms with E-state index in [1.54, 1.807) is 20.3 Å². The Morgan fingerprint density at radius 3 is 2.56 bits per heavy atom. The van der Waals surface area contributed by atoms with Crippen molar-refractivity contribution in [1.82, 2.24) is 4.98 Å². The van der Waals surface area contributed by atoms with E-state index in [0.29, 0.717) is 22.1 Å². The Morgan fingerprint density at radius 1 is 1.07 bits per heavy atom. The van der Waals surface area contributed by atoms with E-state index >= 15 is 0 Å². The summed E-state index contributed by atoms with van der Waals surface area (Å²) in [7, 11) is 3.21. The molecule has 0 radical (unpaired) electrons. The van der Waals surface area contributed by atoms with Crippen molar-refractivity contribution in [2.75, 3.05) is 14.2 Å². The molecule has 3 rings (SSSR count). The van der Waals surface area contributed by atoms with Crippen LogP contribution in [0.25, 0.3) is 22.9 Å². The zero-order valence-electron chi connectivity index (χ0n) is 15.7. The average molecular weight is 376 g/mol. The lowest BCUT2D eigenvalue weighted by Crippen LogP contribution is -1.90. The predicted molar refractivity (Wildman–Crippen MR) is 110 cm³/mol. The lowest BCUT2D eigenvalue weighted by Gasteiger charge is -2.07. The SMILES string of the molecule is COc1ccc(OC)c(C=C(C#N)c2nc(-c3ccc(C)c(C)c3)cs2)c1. The van der Waals surface area contributed by atoms with Gasteiger partial charge in [-0.15, -0.1) is 11.3 Å². The largest absolute Gasteiger partial charge is 0.497 e. The normalized spacial score (nSPS) is 11.1. The van der Waals surface area contributed by atoms with Crippen LogP contribution in [0.15, 0.2) is 41.8 Å². The van der Waals surface area contributed by atoms with Gasteiger partial charge in [0.05, 0.1) is 25.5 Å². The highest BCUT2D eigenvalue weighted by atomic mass is 32.1. The van der Waals surface area contributed by atoms with Crippen LogP contribution in [0, 0.1) is 25.2 Å². The highest BCUT2D eigenvalue weighted by Crippen LogP contribution is 2.31. The minimum atomic E-state index is 0.488. The van der Waals surface area contributed by atoms with Crippen LogP contribution in [-0.4, -0.2) is 19.2 Å². The predicted octanol–water partition coefficient (Wildman–Crippen LogP) is 5.51. The van der Waals surface area contributed by atoms with E-state index in [1.807, 2.05) is 23.6 Å². The van der Waals surface area contributed by atoms with Gasteiger partial charge in [-0.3, -0.25) is 0 Å². The Hall–Kier alpha value is -3.10. The number of aromatic nitrogens is 1. The van der Waals surface area contributed by atoms with Gasteiger partial charge in [-0.25, -0.2) is 4.98 Å². The van der Waals surface area contributed by atoms with E-state index in [0.717, 1.165) is 16.8 Å². The molecule has 0 saturated carbocycles. The third-order valence-electron chi connectivity index (χ3n) is 4.39. The summed E-state index contributed by atoms with van der Waals surface area (Å²) < 4.78 is 10.7. The van der Waals surface area contributed by atoms with E-state index in [2.05, 4.69) is 43.1 Å². The molecule has 0 saturated heterocycles. The van der Waals surface area contributed by atoms with Gasteiger partial charge in [0.2, 0.25) is 0 Å². The number of hydrogen-bond acceptors (Lipinski definition) is 5. The molecule has 0 aliphatic carbocycles. The number of aryl methyl sites for hydroxylation is 2. The Bertz CT molecular complexity index is 1040. The molecule has 0 amide bonds. The summed E-state index contributed by atoms with van der Waals surface area (Å²) in [5.74, 6) is 1.38. The van der Waals surface area contributed by atoms with Crippen molar-refractivity contribution in [2.24, 2.45) is 0 Å². The number of methoxy groups -OCH3 is 2.